The van der Waals surface area contributed by atoms with E-state index in [0.717, 1.165) is 5.56 Å². The van der Waals surface area contributed by atoms with E-state index in [-0.39, 0.29) is 0 Å². The van der Waals surface area contributed by atoms with Crippen LogP contribution in [0.4, 0.5) is 0 Å². The molecular weight excluding hydrogens is 254 g/mol. The van der Waals surface area contributed by atoms with Crippen molar-refractivity contribution in [3.63, 3.8) is 0 Å². The number of ether oxygens (including phenoxy) is 1. The molecular formula is C11H13Cl3O. The molecule has 1 aromatic carbocycles. The second-order valence-corrected chi connectivity index (χ2v) is 4.83. The van der Waals surface area contributed by atoms with Gasteiger partial charge in [-0.2, -0.15) is 0 Å². The summed E-state index contributed by atoms with van der Waals surface area (Å²) in [5, 5.41) is 1.09. The fourth-order valence-electron chi connectivity index (χ4n) is 1.12. The Morgan fingerprint density at radius 1 is 1.27 bits per heavy atom. The van der Waals surface area contributed by atoms with E-state index in [2.05, 4.69) is 13.8 Å². The summed E-state index contributed by atoms with van der Waals surface area (Å²) in [6.07, 6.45) is 0. The molecule has 0 amide bonds. The van der Waals surface area contributed by atoms with Crippen LogP contribution < -0.4 is 4.74 Å². The van der Waals surface area contributed by atoms with E-state index in [4.69, 9.17) is 39.5 Å². The maximum absolute atomic E-state index is 6.03. The van der Waals surface area contributed by atoms with Crippen LogP contribution in [-0.2, 0) is 5.88 Å². The van der Waals surface area contributed by atoms with Gasteiger partial charge in [0, 0.05) is 10.6 Å². The molecule has 1 rings (SSSR count). The highest BCUT2D eigenvalue weighted by Crippen LogP contribution is 2.33. The molecule has 1 nitrogen and oxygen atoms in total. The fourth-order valence-corrected chi connectivity index (χ4v) is 1.91. The van der Waals surface area contributed by atoms with Gasteiger partial charge in [-0.3, -0.25) is 0 Å². The van der Waals surface area contributed by atoms with E-state index in [1.165, 1.54) is 0 Å². The molecule has 0 aliphatic heterocycles. The molecule has 1 aromatic rings. The predicted molar refractivity (Wildman–Crippen MR) is 66.4 cm³/mol. The lowest BCUT2D eigenvalue weighted by molar-refractivity contribution is 0.269. The van der Waals surface area contributed by atoms with Gasteiger partial charge in [-0.05, 0) is 18.1 Å². The van der Waals surface area contributed by atoms with Crippen LogP contribution in [-0.4, -0.2) is 6.61 Å². The highest BCUT2D eigenvalue weighted by Gasteiger charge is 2.10. The standard InChI is InChI=1S/C11H13Cl3O/c1-7(2)6-15-11-8(5-12)3-9(13)4-10(11)14/h3-4,7H,5-6H2,1-2H3. The topological polar surface area (TPSA) is 9.23 Å². The van der Waals surface area contributed by atoms with E-state index in [1.807, 2.05) is 0 Å². The van der Waals surface area contributed by atoms with Crippen molar-refractivity contribution in [1.29, 1.82) is 0 Å². The molecule has 0 fully saturated rings. The van der Waals surface area contributed by atoms with Crippen LogP contribution in [0.3, 0.4) is 0 Å². The van der Waals surface area contributed by atoms with E-state index < -0.39 is 0 Å². The first-order valence-corrected chi connectivity index (χ1v) is 6.00. The van der Waals surface area contributed by atoms with Crippen molar-refractivity contribution < 1.29 is 4.74 Å². The minimum atomic E-state index is 0.341. The number of benzene rings is 1. The van der Waals surface area contributed by atoms with Crippen molar-refractivity contribution in [1.82, 2.24) is 0 Å². The van der Waals surface area contributed by atoms with Crippen LogP contribution in [0.25, 0.3) is 0 Å². The molecule has 0 saturated carbocycles. The molecule has 0 heterocycles. The lowest BCUT2D eigenvalue weighted by Crippen LogP contribution is -2.06. The zero-order valence-corrected chi connectivity index (χ0v) is 11.0. The molecule has 15 heavy (non-hydrogen) atoms. The highest BCUT2D eigenvalue weighted by atomic mass is 35.5. The number of hydrogen-bond donors (Lipinski definition) is 0. The third kappa shape index (κ3) is 3.75. The second kappa shape index (κ2) is 5.83. The predicted octanol–water partition coefficient (Wildman–Crippen LogP) is 4.77. The molecule has 0 aromatic heterocycles. The summed E-state index contributed by atoms with van der Waals surface area (Å²) in [6, 6.07) is 3.44. The Morgan fingerprint density at radius 3 is 2.47 bits per heavy atom. The van der Waals surface area contributed by atoms with Gasteiger partial charge < -0.3 is 4.74 Å². The van der Waals surface area contributed by atoms with Gasteiger partial charge in [-0.1, -0.05) is 37.0 Å². The number of halogens is 3. The van der Waals surface area contributed by atoms with E-state index in [0.29, 0.717) is 34.2 Å². The molecule has 4 heteroatoms. The molecule has 0 atom stereocenters. The summed E-state index contributed by atoms with van der Waals surface area (Å²) in [5.41, 5.74) is 0.829. The molecule has 0 aliphatic carbocycles. The van der Waals surface area contributed by atoms with Gasteiger partial charge in [-0.15, -0.1) is 11.6 Å². The summed E-state index contributed by atoms with van der Waals surface area (Å²) in [4.78, 5) is 0. The SMILES string of the molecule is CC(C)COc1c(Cl)cc(Cl)cc1CCl. The maximum Gasteiger partial charge on any atom is 0.142 e. The van der Waals surface area contributed by atoms with Crippen LogP contribution in [0.1, 0.15) is 19.4 Å². The first-order chi connectivity index (χ1) is 7.04. The van der Waals surface area contributed by atoms with Gasteiger partial charge in [0.05, 0.1) is 17.5 Å². The van der Waals surface area contributed by atoms with Crippen molar-refractivity contribution in [3.05, 3.63) is 27.7 Å². The molecule has 0 N–H and O–H groups in total. The summed E-state index contributed by atoms with van der Waals surface area (Å²) >= 11 is 17.7. The minimum absolute atomic E-state index is 0.341. The first kappa shape index (κ1) is 13.0. The Bertz CT molecular complexity index is 337. The zero-order valence-electron chi connectivity index (χ0n) is 8.69. The molecule has 0 saturated heterocycles. The van der Waals surface area contributed by atoms with E-state index >= 15 is 0 Å². The maximum atomic E-state index is 6.03. The van der Waals surface area contributed by atoms with Gasteiger partial charge in [0.2, 0.25) is 0 Å². The molecule has 0 unspecified atom stereocenters. The van der Waals surface area contributed by atoms with Crippen molar-refractivity contribution in [2.45, 2.75) is 19.7 Å². The summed E-state index contributed by atoms with van der Waals surface area (Å²) in [6.45, 7) is 4.76. The smallest absolute Gasteiger partial charge is 0.142 e. The van der Waals surface area contributed by atoms with Gasteiger partial charge >= 0.3 is 0 Å². The van der Waals surface area contributed by atoms with Gasteiger partial charge in [0.1, 0.15) is 5.75 Å². The van der Waals surface area contributed by atoms with Crippen molar-refractivity contribution in [2.24, 2.45) is 5.92 Å². The average molecular weight is 268 g/mol. The largest absolute Gasteiger partial charge is 0.491 e. The average Bonchev–Trinajstić information content (AvgIpc) is 2.14. The highest BCUT2D eigenvalue weighted by molar-refractivity contribution is 6.35. The summed E-state index contributed by atoms with van der Waals surface area (Å²) in [7, 11) is 0. The van der Waals surface area contributed by atoms with Crippen molar-refractivity contribution >= 4 is 34.8 Å². The lowest BCUT2D eigenvalue weighted by Gasteiger charge is -2.13. The van der Waals surface area contributed by atoms with Crippen LogP contribution in [0.15, 0.2) is 12.1 Å². The minimum Gasteiger partial charge on any atom is -0.491 e. The van der Waals surface area contributed by atoms with E-state index in [9.17, 15) is 0 Å². The third-order valence-corrected chi connectivity index (χ3v) is 2.58. The number of alkyl halides is 1. The van der Waals surface area contributed by atoms with Crippen LogP contribution in [0, 0.1) is 5.92 Å². The van der Waals surface area contributed by atoms with Crippen molar-refractivity contribution in [2.75, 3.05) is 6.61 Å². The van der Waals surface area contributed by atoms with E-state index in [1.54, 1.807) is 12.1 Å². The Labute approximate surface area is 105 Å². The molecule has 84 valence electrons. The monoisotopic (exact) mass is 266 g/mol. The van der Waals surface area contributed by atoms with Gasteiger partial charge in [-0.25, -0.2) is 0 Å². The quantitative estimate of drug-likeness (QED) is 0.714. The fraction of sp³-hybridized carbons (Fsp3) is 0.455. The van der Waals surface area contributed by atoms with Gasteiger partial charge in [0.25, 0.3) is 0 Å². The molecule has 0 radical (unpaired) electrons. The van der Waals surface area contributed by atoms with Crippen LogP contribution in [0.2, 0.25) is 10.0 Å². The van der Waals surface area contributed by atoms with Crippen LogP contribution >= 0.6 is 34.8 Å². The first-order valence-electron chi connectivity index (χ1n) is 4.71. The third-order valence-electron chi connectivity index (χ3n) is 1.79. The second-order valence-electron chi connectivity index (χ2n) is 3.71. The molecule has 0 bridgehead atoms. The number of rotatable bonds is 4. The summed E-state index contributed by atoms with van der Waals surface area (Å²) < 4.78 is 5.60. The van der Waals surface area contributed by atoms with Crippen LogP contribution in [0.5, 0.6) is 5.75 Å². The number of hydrogen-bond acceptors (Lipinski definition) is 1. The normalized spacial score (nSPS) is 10.8. The molecule has 0 spiro atoms. The Kier molecular flexibility index (Phi) is 5.04. The van der Waals surface area contributed by atoms with Crippen molar-refractivity contribution in [3.8, 4) is 5.75 Å². The molecule has 0 aliphatic rings. The Hall–Kier alpha value is -0.110. The Morgan fingerprint density at radius 2 is 1.93 bits per heavy atom. The van der Waals surface area contributed by atoms with Gasteiger partial charge in [0.15, 0.2) is 0 Å². The zero-order chi connectivity index (χ0) is 11.4. The Balaban J connectivity index is 2.93. The summed E-state index contributed by atoms with van der Waals surface area (Å²) in [5.74, 6) is 1.43. The lowest BCUT2D eigenvalue weighted by atomic mass is 10.2.